The number of ether oxygens (including phenoxy) is 3. The minimum atomic E-state index is 0.116. The molecule has 0 fully saturated rings. The average Bonchev–Trinajstić information content (AvgIpc) is 2.52. The summed E-state index contributed by atoms with van der Waals surface area (Å²) < 4.78 is 16.7. The van der Waals surface area contributed by atoms with Crippen LogP contribution in [0, 0.1) is 0 Å². The fourth-order valence-corrected chi connectivity index (χ4v) is 2.12. The molecule has 5 heteroatoms. The Labute approximate surface area is 141 Å². The van der Waals surface area contributed by atoms with Gasteiger partial charge in [-0.3, -0.25) is 4.90 Å². The van der Waals surface area contributed by atoms with Gasteiger partial charge in [0.05, 0.1) is 19.8 Å². The van der Waals surface area contributed by atoms with Gasteiger partial charge in [0.1, 0.15) is 12.0 Å². The van der Waals surface area contributed by atoms with Crippen molar-refractivity contribution in [2.24, 2.45) is 0 Å². The topological polar surface area (TPSA) is 34.2 Å². The third kappa shape index (κ3) is 8.91. The monoisotopic (exact) mass is 324 g/mol. The van der Waals surface area contributed by atoms with Gasteiger partial charge in [-0.15, -0.1) is 0 Å². The van der Waals surface area contributed by atoms with Gasteiger partial charge < -0.3 is 19.1 Å². The fraction of sp³-hybridized carbons (Fsp3) is 0.667. The van der Waals surface area contributed by atoms with Crippen LogP contribution in [0.25, 0.3) is 0 Å². The zero-order valence-corrected chi connectivity index (χ0v) is 15.2. The molecule has 0 aliphatic carbocycles. The Kier molecular flexibility index (Phi) is 9.87. The Morgan fingerprint density at radius 1 is 0.957 bits per heavy atom. The van der Waals surface area contributed by atoms with Gasteiger partial charge in [0.25, 0.3) is 0 Å². The second-order valence-corrected chi connectivity index (χ2v) is 6.14. The molecule has 0 aliphatic rings. The summed E-state index contributed by atoms with van der Waals surface area (Å²) in [7, 11) is 9.91. The van der Waals surface area contributed by atoms with Crippen LogP contribution in [0.15, 0.2) is 24.3 Å². The summed E-state index contributed by atoms with van der Waals surface area (Å²) in [6, 6.07) is 8.20. The zero-order valence-electron chi connectivity index (χ0n) is 15.2. The van der Waals surface area contributed by atoms with E-state index in [-0.39, 0.29) is 6.23 Å². The molecule has 23 heavy (non-hydrogen) atoms. The summed E-state index contributed by atoms with van der Waals surface area (Å²) in [4.78, 5) is 4.23. The number of benzene rings is 1. The van der Waals surface area contributed by atoms with Crippen molar-refractivity contribution in [3.63, 3.8) is 0 Å². The summed E-state index contributed by atoms with van der Waals surface area (Å²) in [5, 5.41) is 0. The Balaban J connectivity index is 2.21. The number of rotatable bonds is 12. The second-order valence-electron chi connectivity index (χ2n) is 6.14. The largest absolute Gasteiger partial charge is 0.494 e. The van der Waals surface area contributed by atoms with Crippen molar-refractivity contribution in [3.05, 3.63) is 29.8 Å². The van der Waals surface area contributed by atoms with E-state index in [1.165, 1.54) is 5.56 Å². The first-order valence-corrected chi connectivity index (χ1v) is 8.16. The van der Waals surface area contributed by atoms with Gasteiger partial charge in [-0.1, -0.05) is 12.1 Å². The molecular weight excluding hydrogens is 292 g/mol. The van der Waals surface area contributed by atoms with Crippen molar-refractivity contribution in [3.8, 4) is 5.75 Å². The molecule has 0 spiro atoms. The molecule has 1 atom stereocenters. The molecule has 0 radical (unpaired) electrons. The first kappa shape index (κ1) is 19.9. The molecule has 0 amide bonds. The molecule has 5 nitrogen and oxygen atoms in total. The maximum absolute atomic E-state index is 5.91. The van der Waals surface area contributed by atoms with Crippen LogP contribution < -0.4 is 4.74 Å². The van der Waals surface area contributed by atoms with Crippen LogP contribution in [0.2, 0.25) is 0 Å². The lowest BCUT2D eigenvalue weighted by Crippen LogP contribution is -2.39. The highest BCUT2D eigenvalue weighted by molar-refractivity contribution is 5.27. The van der Waals surface area contributed by atoms with Crippen molar-refractivity contribution >= 4 is 0 Å². The summed E-state index contributed by atoms with van der Waals surface area (Å²) in [6.07, 6.45) is 1.93. The van der Waals surface area contributed by atoms with Crippen LogP contribution >= 0.6 is 0 Å². The lowest BCUT2D eigenvalue weighted by atomic mass is 10.1. The Morgan fingerprint density at radius 3 is 2.22 bits per heavy atom. The van der Waals surface area contributed by atoms with E-state index in [2.05, 4.69) is 36.0 Å². The quantitative estimate of drug-likeness (QED) is 0.434. The standard InChI is InChI=1S/C18H32N2O3/c1-19(2)15-18(20(3)4)23-13-6-12-22-17-9-7-16(8-10-17)11-14-21-5/h7-10,18H,6,11-15H2,1-5H3. The third-order valence-electron chi connectivity index (χ3n) is 3.48. The molecule has 0 bridgehead atoms. The van der Waals surface area contributed by atoms with Gasteiger partial charge in [-0.05, 0) is 52.3 Å². The summed E-state index contributed by atoms with van der Waals surface area (Å²) in [5.41, 5.74) is 1.26. The molecule has 132 valence electrons. The van der Waals surface area contributed by atoms with Gasteiger partial charge in [-0.25, -0.2) is 0 Å². The summed E-state index contributed by atoms with van der Waals surface area (Å²) >= 11 is 0. The van der Waals surface area contributed by atoms with E-state index in [4.69, 9.17) is 14.2 Å². The Bertz CT molecular complexity index is 407. The van der Waals surface area contributed by atoms with Gasteiger partial charge in [0.15, 0.2) is 0 Å². The van der Waals surface area contributed by atoms with E-state index in [9.17, 15) is 0 Å². The predicted octanol–water partition coefficient (Wildman–Crippen LogP) is 2.11. The van der Waals surface area contributed by atoms with Gasteiger partial charge in [0.2, 0.25) is 0 Å². The van der Waals surface area contributed by atoms with E-state index in [0.29, 0.717) is 13.2 Å². The van der Waals surface area contributed by atoms with Crippen LogP contribution in [0.3, 0.4) is 0 Å². The normalized spacial score (nSPS) is 12.8. The van der Waals surface area contributed by atoms with Crippen molar-refractivity contribution in [1.82, 2.24) is 9.80 Å². The van der Waals surface area contributed by atoms with Gasteiger partial charge in [0, 0.05) is 20.1 Å². The molecule has 0 aliphatic heterocycles. The van der Waals surface area contributed by atoms with Crippen molar-refractivity contribution in [2.75, 3.05) is 61.7 Å². The van der Waals surface area contributed by atoms with E-state index in [1.54, 1.807) is 7.11 Å². The van der Waals surface area contributed by atoms with E-state index in [1.807, 2.05) is 26.2 Å². The number of hydrogen-bond donors (Lipinski definition) is 0. The van der Waals surface area contributed by atoms with Crippen LogP contribution in [-0.2, 0) is 15.9 Å². The molecule has 0 N–H and O–H groups in total. The predicted molar refractivity (Wildman–Crippen MR) is 94.1 cm³/mol. The first-order chi connectivity index (χ1) is 11.0. The lowest BCUT2D eigenvalue weighted by molar-refractivity contribution is -0.0511. The van der Waals surface area contributed by atoms with Crippen molar-refractivity contribution < 1.29 is 14.2 Å². The Hall–Kier alpha value is -1.14. The van der Waals surface area contributed by atoms with Crippen molar-refractivity contribution in [1.29, 1.82) is 0 Å². The fourth-order valence-electron chi connectivity index (χ4n) is 2.12. The van der Waals surface area contributed by atoms with Gasteiger partial charge in [-0.2, -0.15) is 0 Å². The number of likely N-dealkylation sites (N-methyl/N-ethyl adjacent to an activating group) is 2. The highest BCUT2D eigenvalue weighted by Crippen LogP contribution is 2.13. The maximum Gasteiger partial charge on any atom is 0.122 e. The van der Waals surface area contributed by atoms with Crippen molar-refractivity contribution in [2.45, 2.75) is 19.1 Å². The third-order valence-corrected chi connectivity index (χ3v) is 3.48. The number of hydrogen-bond acceptors (Lipinski definition) is 5. The lowest BCUT2D eigenvalue weighted by Gasteiger charge is -2.27. The van der Waals surface area contributed by atoms with E-state index in [0.717, 1.165) is 31.7 Å². The molecule has 1 unspecified atom stereocenters. The maximum atomic E-state index is 5.91. The SMILES string of the molecule is COCCc1ccc(OCCCOC(CN(C)C)N(C)C)cc1. The molecule has 0 aromatic heterocycles. The molecule has 1 rings (SSSR count). The molecule has 0 heterocycles. The van der Waals surface area contributed by atoms with Gasteiger partial charge >= 0.3 is 0 Å². The molecule has 0 saturated heterocycles. The number of nitrogens with zero attached hydrogens (tertiary/aromatic N) is 2. The highest BCUT2D eigenvalue weighted by Gasteiger charge is 2.12. The number of methoxy groups -OCH3 is 1. The molecule has 0 saturated carbocycles. The summed E-state index contributed by atoms with van der Waals surface area (Å²) in [6.45, 7) is 3.00. The molecule has 1 aromatic carbocycles. The average molecular weight is 324 g/mol. The minimum Gasteiger partial charge on any atom is -0.494 e. The van der Waals surface area contributed by atoms with E-state index >= 15 is 0 Å². The molecular formula is C18H32N2O3. The van der Waals surface area contributed by atoms with Crippen LogP contribution in [0.4, 0.5) is 0 Å². The second kappa shape index (κ2) is 11.4. The zero-order chi connectivity index (χ0) is 17.1. The van der Waals surface area contributed by atoms with Crippen LogP contribution in [-0.4, -0.2) is 77.7 Å². The van der Waals surface area contributed by atoms with Crippen LogP contribution in [0.1, 0.15) is 12.0 Å². The minimum absolute atomic E-state index is 0.116. The van der Waals surface area contributed by atoms with Crippen LogP contribution in [0.5, 0.6) is 5.75 Å². The summed E-state index contributed by atoms with van der Waals surface area (Å²) in [5.74, 6) is 0.906. The molecule has 1 aromatic rings. The highest BCUT2D eigenvalue weighted by atomic mass is 16.5. The first-order valence-electron chi connectivity index (χ1n) is 8.16. The van der Waals surface area contributed by atoms with E-state index < -0.39 is 0 Å². The smallest absolute Gasteiger partial charge is 0.122 e. The Morgan fingerprint density at radius 2 is 1.65 bits per heavy atom.